The fourth-order valence-corrected chi connectivity index (χ4v) is 2.00. The van der Waals surface area contributed by atoms with Crippen LogP contribution in [0, 0.1) is 5.41 Å². The summed E-state index contributed by atoms with van der Waals surface area (Å²) in [6, 6.07) is 0. The minimum absolute atomic E-state index is 0.277. The van der Waals surface area contributed by atoms with E-state index >= 15 is 0 Å². The summed E-state index contributed by atoms with van der Waals surface area (Å²) in [5, 5.41) is 0. The molecule has 22 heavy (non-hydrogen) atoms. The Hall–Kier alpha value is -1.58. The molecule has 0 fully saturated rings. The molecule has 126 valence electrons. The SMILES string of the molecule is COC(=O)C(C=C=C(C)C)(CCCC(C)(C)OC)C(=O)OC. The van der Waals surface area contributed by atoms with Crippen LogP contribution in [0.1, 0.15) is 47.0 Å². The van der Waals surface area contributed by atoms with Crippen molar-refractivity contribution in [3.8, 4) is 0 Å². The van der Waals surface area contributed by atoms with Crippen molar-refractivity contribution < 1.29 is 23.8 Å². The maximum atomic E-state index is 12.2. The average Bonchev–Trinajstić information content (AvgIpc) is 2.48. The minimum atomic E-state index is -1.47. The van der Waals surface area contributed by atoms with Gasteiger partial charge in [0.25, 0.3) is 0 Å². The highest BCUT2D eigenvalue weighted by Gasteiger charge is 2.46. The summed E-state index contributed by atoms with van der Waals surface area (Å²) in [4.78, 5) is 24.5. The number of esters is 2. The third-order valence-electron chi connectivity index (χ3n) is 3.61. The fraction of sp³-hybridized carbons (Fsp3) is 0.706. The zero-order valence-electron chi connectivity index (χ0n) is 14.7. The number of methoxy groups -OCH3 is 3. The lowest BCUT2D eigenvalue weighted by atomic mass is 9.81. The molecule has 0 aliphatic heterocycles. The van der Waals surface area contributed by atoms with E-state index in [9.17, 15) is 9.59 Å². The Labute approximate surface area is 133 Å². The molecule has 0 aromatic carbocycles. The molecular weight excluding hydrogens is 284 g/mol. The van der Waals surface area contributed by atoms with Crippen LogP contribution in [0.5, 0.6) is 0 Å². The molecule has 0 saturated heterocycles. The van der Waals surface area contributed by atoms with Crippen molar-refractivity contribution in [3.63, 3.8) is 0 Å². The Balaban J connectivity index is 5.52. The largest absolute Gasteiger partial charge is 0.468 e. The summed E-state index contributed by atoms with van der Waals surface area (Å²) >= 11 is 0. The molecule has 0 radical (unpaired) electrons. The number of hydrogen-bond acceptors (Lipinski definition) is 5. The van der Waals surface area contributed by atoms with Gasteiger partial charge in [0.1, 0.15) is 0 Å². The van der Waals surface area contributed by atoms with Crippen LogP contribution in [0.2, 0.25) is 0 Å². The molecule has 0 heterocycles. The lowest BCUT2D eigenvalue weighted by Crippen LogP contribution is -2.40. The topological polar surface area (TPSA) is 61.8 Å². The molecule has 0 aliphatic rings. The molecule has 0 aliphatic carbocycles. The first-order valence-electron chi connectivity index (χ1n) is 7.28. The number of ether oxygens (including phenoxy) is 3. The standard InChI is InChI=1S/C17H28O5/c1-13(2)9-12-17(14(18)20-5,15(19)21-6)11-8-10-16(3,4)22-7/h12H,8,10-11H2,1-7H3. The molecular formula is C17H28O5. The van der Waals surface area contributed by atoms with Gasteiger partial charge in [-0.05, 0) is 58.6 Å². The van der Waals surface area contributed by atoms with E-state index in [1.807, 2.05) is 27.7 Å². The molecule has 0 aromatic rings. The Bertz CT molecular complexity index is 436. The van der Waals surface area contributed by atoms with Gasteiger partial charge in [-0.3, -0.25) is 9.59 Å². The normalized spacial score (nSPS) is 11.4. The monoisotopic (exact) mass is 312 g/mol. The molecule has 0 saturated carbocycles. The highest BCUT2D eigenvalue weighted by atomic mass is 16.5. The van der Waals surface area contributed by atoms with E-state index in [2.05, 4.69) is 5.73 Å². The number of carbonyl (C=O) groups excluding carboxylic acids is 2. The molecule has 0 aromatic heterocycles. The van der Waals surface area contributed by atoms with Gasteiger partial charge in [0.2, 0.25) is 0 Å². The van der Waals surface area contributed by atoms with Crippen molar-refractivity contribution in [1.82, 2.24) is 0 Å². The van der Waals surface area contributed by atoms with Crippen molar-refractivity contribution in [2.75, 3.05) is 21.3 Å². The second-order valence-electron chi connectivity index (χ2n) is 6.06. The van der Waals surface area contributed by atoms with E-state index in [4.69, 9.17) is 14.2 Å². The van der Waals surface area contributed by atoms with Crippen LogP contribution in [-0.4, -0.2) is 38.9 Å². The molecule has 5 nitrogen and oxygen atoms in total. The van der Waals surface area contributed by atoms with Gasteiger partial charge in [-0.15, -0.1) is 5.73 Å². The third-order valence-corrected chi connectivity index (χ3v) is 3.61. The summed E-state index contributed by atoms with van der Waals surface area (Å²) in [7, 11) is 4.15. The summed E-state index contributed by atoms with van der Waals surface area (Å²) in [5.74, 6) is -1.27. The minimum Gasteiger partial charge on any atom is -0.468 e. The van der Waals surface area contributed by atoms with E-state index in [-0.39, 0.29) is 12.0 Å². The first kappa shape index (κ1) is 20.4. The van der Waals surface area contributed by atoms with E-state index in [1.54, 1.807) is 7.11 Å². The summed E-state index contributed by atoms with van der Waals surface area (Å²) in [5.41, 5.74) is 2.00. The van der Waals surface area contributed by atoms with Crippen molar-refractivity contribution >= 4 is 11.9 Å². The number of rotatable bonds is 8. The highest BCUT2D eigenvalue weighted by Crippen LogP contribution is 2.32. The van der Waals surface area contributed by atoms with Crippen molar-refractivity contribution in [2.24, 2.45) is 5.41 Å². The van der Waals surface area contributed by atoms with Crippen LogP contribution in [-0.2, 0) is 23.8 Å². The Morgan fingerprint density at radius 3 is 1.86 bits per heavy atom. The second kappa shape index (κ2) is 8.76. The molecule has 0 spiro atoms. The zero-order chi connectivity index (χ0) is 17.4. The van der Waals surface area contributed by atoms with Crippen LogP contribution in [0.3, 0.4) is 0 Å². The van der Waals surface area contributed by atoms with Gasteiger partial charge in [0.15, 0.2) is 5.41 Å². The summed E-state index contributed by atoms with van der Waals surface area (Å²) in [6.07, 6.45) is 3.03. The maximum absolute atomic E-state index is 12.2. The quantitative estimate of drug-likeness (QED) is 0.392. The predicted octanol–water partition coefficient (Wildman–Crippen LogP) is 3.04. The van der Waals surface area contributed by atoms with E-state index in [1.165, 1.54) is 20.3 Å². The van der Waals surface area contributed by atoms with E-state index < -0.39 is 17.4 Å². The third kappa shape index (κ3) is 5.66. The van der Waals surface area contributed by atoms with Gasteiger partial charge in [-0.1, -0.05) is 0 Å². The molecule has 5 heteroatoms. The van der Waals surface area contributed by atoms with Crippen LogP contribution < -0.4 is 0 Å². The lowest BCUT2D eigenvalue weighted by molar-refractivity contribution is -0.165. The van der Waals surface area contributed by atoms with Crippen LogP contribution in [0.4, 0.5) is 0 Å². The van der Waals surface area contributed by atoms with Crippen molar-refractivity contribution in [3.05, 3.63) is 17.4 Å². The second-order valence-corrected chi connectivity index (χ2v) is 6.06. The summed E-state index contributed by atoms with van der Waals surface area (Å²) < 4.78 is 15.0. The van der Waals surface area contributed by atoms with Crippen molar-refractivity contribution in [1.29, 1.82) is 0 Å². The lowest BCUT2D eigenvalue weighted by Gasteiger charge is -2.27. The number of hydrogen-bond donors (Lipinski definition) is 0. The first-order chi connectivity index (χ1) is 10.1. The fourth-order valence-electron chi connectivity index (χ4n) is 2.00. The van der Waals surface area contributed by atoms with Gasteiger partial charge >= 0.3 is 11.9 Å². The smallest absolute Gasteiger partial charge is 0.327 e. The molecule has 0 unspecified atom stereocenters. The highest BCUT2D eigenvalue weighted by molar-refractivity contribution is 6.02. The molecule has 0 amide bonds. The van der Waals surface area contributed by atoms with Gasteiger partial charge < -0.3 is 14.2 Å². The van der Waals surface area contributed by atoms with Gasteiger partial charge in [0, 0.05) is 7.11 Å². The molecule has 0 rings (SSSR count). The van der Waals surface area contributed by atoms with Gasteiger partial charge in [-0.25, -0.2) is 0 Å². The van der Waals surface area contributed by atoms with E-state index in [0.717, 1.165) is 5.57 Å². The van der Waals surface area contributed by atoms with Crippen molar-refractivity contribution in [2.45, 2.75) is 52.6 Å². The average molecular weight is 312 g/mol. The Kier molecular flexibility index (Phi) is 8.13. The van der Waals surface area contributed by atoms with E-state index in [0.29, 0.717) is 12.8 Å². The number of carbonyl (C=O) groups is 2. The summed E-state index contributed by atoms with van der Waals surface area (Å²) in [6.45, 7) is 7.58. The van der Waals surface area contributed by atoms with Gasteiger partial charge in [-0.2, -0.15) is 0 Å². The Morgan fingerprint density at radius 2 is 1.50 bits per heavy atom. The molecule has 0 bridgehead atoms. The predicted molar refractivity (Wildman–Crippen MR) is 84.3 cm³/mol. The molecule has 0 atom stereocenters. The molecule has 0 N–H and O–H groups in total. The Morgan fingerprint density at radius 1 is 1.00 bits per heavy atom. The maximum Gasteiger partial charge on any atom is 0.327 e. The van der Waals surface area contributed by atoms with Crippen LogP contribution >= 0.6 is 0 Å². The first-order valence-corrected chi connectivity index (χ1v) is 7.28. The van der Waals surface area contributed by atoms with Crippen LogP contribution in [0.15, 0.2) is 17.4 Å². The van der Waals surface area contributed by atoms with Gasteiger partial charge in [0.05, 0.1) is 19.8 Å². The van der Waals surface area contributed by atoms with Crippen LogP contribution in [0.25, 0.3) is 0 Å². The zero-order valence-corrected chi connectivity index (χ0v) is 14.7.